The lowest BCUT2D eigenvalue weighted by Gasteiger charge is -2.33. The van der Waals surface area contributed by atoms with Crippen LogP contribution in [-0.4, -0.2) is 24.3 Å². The molecule has 2 atom stereocenters. The predicted octanol–water partition coefficient (Wildman–Crippen LogP) is 1.54. The minimum Gasteiger partial charge on any atom is -0.393 e. The van der Waals surface area contributed by atoms with Crippen molar-refractivity contribution in [2.75, 3.05) is 13.1 Å². The lowest BCUT2D eigenvalue weighted by Crippen LogP contribution is -2.35. The molecule has 0 spiro atoms. The third-order valence-electron chi connectivity index (χ3n) is 3.67. The molecule has 0 aromatic heterocycles. The largest absolute Gasteiger partial charge is 0.393 e. The van der Waals surface area contributed by atoms with E-state index in [2.05, 4.69) is 5.32 Å². The van der Waals surface area contributed by atoms with Gasteiger partial charge in [-0.25, -0.2) is 0 Å². The molecule has 2 rings (SSSR count). The Morgan fingerprint density at radius 1 is 1.23 bits per heavy atom. The summed E-state index contributed by atoms with van der Waals surface area (Å²) in [6.45, 7) is 2.31. The zero-order valence-electron chi connectivity index (χ0n) is 8.34. The quantitative estimate of drug-likeness (QED) is 0.695. The monoisotopic (exact) mass is 183 g/mol. The Morgan fingerprint density at radius 2 is 2.08 bits per heavy atom. The van der Waals surface area contributed by atoms with Crippen molar-refractivity contribution in [3.8, 4) is 0 Å². The molecule has 2 N–H and O–H groups in total. The second-order valence-corrected chi connectivity index (χ2v) is 4.71. The molecule has 0 bridgehead atoms. The summed E-state index contributed by atoms with van der Waals surface area (Å²) in [4.78, 5) is 0. The molecule has 1 saturated heterocycles. The maximum absolute atomic E-state index is 9.89. The Hall–Kier alpha value is -0.0800. The average Bonchev–Trinajstić information content (AvgIpc) is 2.02. The van der Waals surface area contributed by atoms with E-state index in [0.717, 1.165) is 18.9 Å². The van der Waals surface area contributed by atoms with Crippen molar-refractivity contribution in [1.29, 1.82) is 0 Å². The molecule has 2 nitrogen and oxygen atoms in total. The van der Waals surface area contributed by atoms with E-state index in [-0.39, 0.29) is 6.10 Å². The van der Waals surface area contributed by atoms with Gasteiger partial charge in [0, 0.05) is 0 Å². The highest BCUT2D eigenvalue weighted by molar-refractivity contribution is 4.80. The SMILES string of the molecule is OC(CC1CCCNC1)C1CCC1. The van der Waals surface area contributed by atoms with E-state index in [4.69, 9.17) is 0 Å². The van der Waals surface area contributed by atoms with Crippen LogP contribution < -0.4 is 5.32 Å². The first-order chi connectivity index (χ1) is 6.36. The van der Waals surface area contributed by atoms with Gasteiger partial charge in [0.2, 0.25) is 0 Å². The lowest BCUT2D eigenvalue weighted by molar-refractivity contribution is 0.0391. The average molecular weight is 183 g/mol. The molecule has 76 valence electrons. The topological polar surface area (TPSA) is 32.3 Å². The number of piperidine rings is 1. The van der Waals surface area contributed by atoms with Crippen LogP contribution in [0.3, 0.4) is 0 Å². The summed E-state index contributed by atoms with van der Waals surface area (Å²) in [7, 11) is 0. The van der Waals surface area contributed by atoms with Crippen molar-refractivity contribution in [2.24, 2.45) is 11.8 Å². The molecule has 0 aromatic rings. The highest BCUT2D eigenvalue weighted by Gasteiger charge is 2.28. The van der Waals surface area contributed by atoms with Gasteiger partial charge in [0.25, 0.3) is 0 Å². The Labute approximate surface area is 80.7 Å². The van der Waals surface area contributed by atoms with Crippen molar-refractivity contribution < 1.29 is 5.11 Å². The van der Waals surface area contributed by atoms with Crippen LogP contribution in [0.15, 0.2) is 0 Å². The molecule has 0 amide bonds. The van der Waals surface area contributed by atoms with Gasteiger partial charge in [0.1, 0.15) is 0 Å². The summed E-state index contributed by atoms with van der Waals surface area (Å²) < 4.78 is 0. The van der Waals surface area contributed by atoms with Crippen LogP contribution in [-0.2, 0) is 0 Å². The summed E-state index contributed by atoms with van der Waals surface area (Å²) in [5.74, 6) is 1.38. The third kappa shape index (κ3) is 2.44. The van der Waals surface area contributed by atoms with E-state index in [1.54, 1.807) is 0 Å². The van der Waals surface area contributed by atoms with Gasteiger partial charge in [-0.15, -0.1) is 0 Å². The summed E-state index contributed by atoms with van der Waals surface area (Å²) in [6.07, 6.45) is 7.52. The van der Waals surface area contributed by atoms with Crippen LogP contribution >= 0.6 is 0 Å². The Bertz CT molecular complexity index is 150. The summed E-state index contributed by atoms with van der Waals surface area (Å²) in [5.41, 5.74) is 0. The van der Waals surface area contributed by atoms with Crippen LogP contribution in [0.1, 0.15) is 38.5 Å². The van der Waals surface area contributed by atoms with Gasteiger partial charge in [-0.3, -0.25) is 0 Å². The molecule has 2 aliphatic rings. The molecule has 0 aromatic carbocycles. The van der Waals surface area contributed by atoms with Crippen LogP contribution in [0.25, 0.3) is 0 Å². The highest BCUT2D eigenvalue weighted by atomic mass is 16.3. The molecule has 0 radical (unpaired) electrons. The molecule has 1 saturated carbocycles. The van der Waals surface area contributed by atoms with Crippen molar-refractivity contribution >= 4 is 0 Å². The minimum atomic E-state index is -0.00125. The van der Waals surface area contributed by atoms with Crippen LogP contribution in [0.4, 0.5) is 0 Å². The summed E-state index contributed by atoms with van der Waals surface area (Å²) >= 11 is 0. The highest BCUT2D eigenvalue weighted by Crippen LogP contribution is 2.32. The minimum absolute atomic E-state index is 0.00125. The van der Waals surface area contributed by atoms with Crippen LogP contribution in [0.5, 0.6) is 0 Å². The fourth-order valence-electron chi connectivity index (χ4n) is 2.48. The maximum atomic E-state index is 9.89. The molecule has 1 heterocycles. The zero-order valence-corrected chi connectivity index (χ0v) is 8.34. The molecule has 2 heteroatoms. The number of aliphatic hydroxyl groups excluding tert-OH is 1. The number of hydrogen-bond acceptors (Lipinski definition) is 2. The fourth-order valence-corrected chi connectivity index (χ4v) is 2.48. The number of aliphatic hydroxyl groups is 1. The smallest absolute Gasteiger partial charge is 0.0571 e. The van der Waals surface area contributed by atoms with Gasteiger partial charge >= 0.3 is 0 Å². The number of rotatable bonds is 3. The molecular weight excluding hydrogens is 162 g/mol. The van der Waals surface area contributed by atoms with Crippen LogP contribution in [0, 0.1) is 11.8 Å². The second kappa shape index (κ2) is 4.43. The maximum Gasteiger partial charge on any atom is 0.0571 e. The Balaban J connectivity index is 1.69. The van der Waals surface area contributed by atoms with Crippen molar-refractivity contribution in [3.05, 3.63) is 0 Å². The first kappa shape index (κ1) is 9.47. The van der Waals surface area contributed by atoms with E-state index in [1.807, 2.05) is 0 Å². The molecule has 1 aliphatic heterocycles. The van der Waals surface area contributed by atoms with Gasteiger partial charge in [0.05, 0.1) is 6.10 Å². The standard InChI is InChI=1S/C11H21NO/c13-11(10-4-1-5-10)7-9-3-2-6-12-8-9/h9-13H,1-8H2. The summed E-state index contributed by atoms with van der Waals surface area (Å²) in [6, 6.07) is 0. The van der Waals surface area contributed by atoms with Crippen LogP contribution in [0.2, 0.25) is 0 Å². The number of nitrogens with one attached hydrogen (secondary N) is 1. The molecular formula is C11H21NO. The third-order valence-corrected chi connectivity index (χ3v) is 3.67. The van der Waals surface area contributed by atoms with E-state index in [9.17, 15) is 5.11 Å². The van der Waals surface area contributed by atoms with Gasteiger partial charge in [-0.2, -0.15) is 0 Å². The Kier molecular flexibility index (Phi) is 3.23. The van der Waals surface area contributed by atoms with Crippen molar-refractivity contribution in [1.82, 2.24) is 5.32 Å². The molecule has 13 heavy (non-hydrogen) atoms. The van der Waals surface area contributed by atoms with E-state index in [1.165, 1.54) is 38.6 Å². The molecule has 1 aliphatic carbocycles. The normalized spacial score (nSPS) is 32.5. The van der Waals surface area contributed by atoms with Gasteiger partial charge in [-0.1, -0.05) is 6.42 Å². The van der Waals surface area contributed by atoms with Crippen molar-refractivity contribution in [3.63, 3.8) is 0 Å². The van der Waals surface area contributed by atoms with E-state index < -0.39 is 0 Å². The Morgan fingerprint density at radius 3 is 2.62 bits per heavy atom. The first-order valence-corrected chi connectivity index (χ1v) is 5.75. The second-order valence-electron chi connectivity index (χ2n) is 4.71. The summed E-state index contributed by atoms with van der Waals surface area (Å²) in [5, 5.41) is 13.3. The van der Waals surface area contributed by atoms with Crippen molar-refractivity contribution in [2.45, 2.75) is 44.6 Å². The molecule has 2 fully saturated rings. The van der Waals surface area contributed by atoms with E-state index in [0.29, 0.717) is 5.92 Å². The lowest BCUT2D eigenvalue weighted by atomic mass is 9.77. The van der Waals surface area contributed by atoms with E-state index >= 15 is 0 Å². The van der Waals surface area contributed by atoms with Gasteiger partial charge < -0.3 is 10.4 Å². The predicted molar refractivity (Wildman–Crippen MR) is 53.6 cm³/mol. The molecule has 2 unspecified atom stereocenters. The zero-order chi connectivity index (χ0) is 9.10. The number of hydrogen-bond donors (Lipinski definition) is 2. The fraction of sp³-hybridized carbons (Fsp3) is 1.00. The first-order valence-electron chi connectivity index (χ1n) is 5.75. The van der Waals surface area contributed by atoms with Gasteiger partial charge in [0.15, 0.2) is 0 Å². The van der Waals surface area contributed by atoms with Gasteiger partial charge in [-0.05, 0) is 57.0 Å².